The summed E-state index contributed by atoms with van der Waals surface area (Å²) in [4.78, 5) is 29.5. The fraction of sp³-hybridized carbons (Fsp3) is 0.533. The van der Waals surface area contributed by atoms with Crippen molar-refractivity contribution in [2.75, 3.05) is 36.0 Å². The van der Waals surface area contributed by atoms with Gasteiger partial charge in [-0.2, -0.15) is 0 Å². The summed E-state index contributed by atoms with van der Waals surface area (Å²) in [6.45, 7) is 11.7. The van der Waals surface area contributed by atoms with Gasteiger partial charge in [0, 0.05) is 37.6 Å². The van der Waals surface area contributed by atoms with Gasteiger partial charge in [0.1, 0.15) is 0 Å². The molecule has 1 fully saturated rings. The topological polar surface area (TPSA) is 59.1 Å². The molecule has 0 N–H and O–H groups in total. The second-order valence-electron chi connectivity index (χ2n) is 9.78. The number of piperazine rings is 1. The number of anilines is 2. The molecule has 0 bridgehead atoms. The Kier molecular flexibility index (Phi) is 10.6. The van der Waals surface area contributed by atoms with Crippen molar-refractivity contribution in [3.8, 4) is 0 Å². The Bertz CT molecular complexity index is 870. The van der Waals surface area contributed by atoms with Gasteiger partial charge in [-0.1, -0.05) is 39.5 Å². The number of carbonyl (C=O) groups excluding carboxylic acids is 2. The highest BCUT2D eigenvalue weighted by atomic mass is 16.5. The van der Waals surface area contributed by atoms with E-state index in [1.807, 2.05) is 62.4 Å². The Morgan fingerprint density at radius 3 is 1.31 bits per heavy atom. The Labute approximate surface area is 216 Å². The van der Waals surface area contributed by atoms with Crippen molar-refractivity contribution in [1.29, 1.82) is 0 Å². The molecule has 1 heterocycles. The highest BCUT2D eigenvalue weighted by Gasteiger charge is 2.19. The van der Waals surface area contributed by atoms with Gasteiger partial charge in [0.15, 0.2) is 0 Å². The number of ether oxygens (including phenoxy) is 2. The Morgan fingerprint density at radius 1 is 0.667 bits per heavy atom. The van der Waals surface area contributed by atoms with Crippen LogP contribution in [0.15, 0.2) is 48.5 Å². The van der Waals surface area contributed by atoms with Crippen molar-refractivity contribution in [3.63, 3.8) is 0 Å². The third-order valence-corrected chi connectivity index (χ3v) is 6.76. The van der Waals surface area contributed by atoms with Gasteiger partial charge in [-0.25, -0.2) is 9.59 Å². The summed E-state index contributed by atoms with van der Waals surface area (Å²) in [6, 6.07) is 15.5. The number of esters is 2. The summed E-state index contributed by atoms with van der Waals surface area (Å²) in [5.41, 5.74) is 3.42. The quantitative estimate of drug-likeness (QED) is 0.315. The fourth-order valence-electron chi connectivity index (χ4n) is 4.44. The molecule has 1 unspecified atom stereocenters. The van der Waals surface area contributed by atoms with Crippen LogP contribution in [0.1, 0.15) is 86.9 Å². The fourth-order valence-corrected chi connectivity index (χ4v) is 4.44. The first-order chi connectivity index (χ1) is 17.4. The van der Waals surface area contributed by atoms with E-state index in [9.17, 15) is 9.59 Å². The van der Waals surface area contributed by atoms with Crippen molar-refractivity contribution < 1.29 is 19.1 Å². The zero-order chi connectivity index (χ0) is 25.9. The average Bonchev–Trinajstić information content (AvgIpc) is 2.91. The highest BCUT2D eigenvalue weighted by Crippen LogP contribution is 2.22. The minimum Gasteiger partial charge on any atom is -0.459 e. The molecule has 0 aliphatic carbocycles. The standard InChI is InChI=1S/C30H42N2O4/c1-5-7-9-23(3)35-29(33)25-11-15-27(16-12-25)31-19-21-32(22-20-31)28-17-13-26(14-18-28)30(34)36-24(4)10-8-6-2/h11-18,23-24H,5-10,19-22H2,1-4H3/t23-,24?/m0/s1. The molecule has 2 aromatic carbocycles. The van der Waals surface area contributed by atoms with Crippen molar-refractivity contribution in [2.24, 2.45) is 0 Å². The van der Waals surface area contributed by atoms with Gasteiger partial charge in [0.05, 0.1) is 23.3 Å². The molecule has 0 saturated carbocycles. The van der Waals surface area contributed by atoms with Crippen LogP contribution in [0, 0.1) is 0 Å². The van der Waals surface area contributed by atoms with Crippen LogP contribution in [0.4, 0.5) is 11.4 Å². The van der Waals surface area contributed by atoms with Gasteiger partial charge < -0.3 is 19.3 Å². The molecule has 1 aliphatic rings. The molecule has 196 valence electrons. The smallest absolute Gasteiger partial charge is 0.338 e. The highest BCUT2D eigenvalue weighted by molar-refractivity contribution is 5.90. The summed E-state index contributed by atoms with van der Waals surface area (Å²) in [5.74, 6) is -0.504. The number of hydrogen-bond acceptors (Lipinski definition) is 6. The second kappa shape index (κ2) is 13.9. The Balaban J connectivity index is 1.48. The maximum Gasteiger partial charge on any atom is 0.338 e. The SMILES string of the molecule is CCCCC(C)OC(=O)c1ccc(N2CCN(c3ccc(C(=O)O[C@@H](C)CCCC)cc3)CC2)cc1. The van der Waals surface area contributed by atoms with Gasteiger partial charge in [0.25, 0.3) is 0 Å². The number of hydrogen-bond donors (Lipinski definition) is 0. The predicted octanol–water partition coefficient (Wildman–Crippen LogP) is 6.48. The van der Waals surface area contributed by atoms with E-state index < -0.39 is 0 Å². The third kappa shape index (κ3) is 8.00. The third-order valence-electron chi connectivity index (χ3n) is 6.76. The Morgan fingerprint density at radius 2 is 1.00 bits per heavy atom. The first-order valence-electron chi connectivity index (χ1n) is 13.5. The van der Waals surface area contributed by atoms with E-state index in [0.717, 1.165) is 76.1 Å². The van der Waals surface area contributed by atoms with Gasteiger partial charge in [-0.15, -0.1) is 0 Å². The van der Waals surface area contributed by atoms with E-state index in [4.69, 9.17) is 9.47 Å². The van der Waals surface area contributed by atoms with E-state index in [2.05, 4.69) is 23.6 Å². The maximum absolute atomic E-state index is 12.4. The average molecular weight is 495 g/mol. The van der Waals surface area contributed by atoms with Gasteiger partial charge >= 0.3 is 11.9 Å². The number of carbonyl (C=O) groups is 2. The van der Waals surface area contributed by atoms with Crippen LogP contribution in [0.5, 0.6) is 0 Å². The summed E-state index contributed by atoms with van der Waals surface area (Å²) >= 11 is 0. The molecular formula is C30H42N2O4. The summed E-state index contributed by atoms with van der Waals surface area (Å²) in [5, 5.41) is 0. The summed E-state index contributed by atoms with van der Waals surface area (Å²) < 4.78 is 11.1. The predicted molar refractivity (Wildman–Crippen MR) is 146 cm³/mol. The molecule has 2 atom stereocenters. The zero-order valence-electron chi connectivity index (χ0n) is 22.4. The van der Waals surface area contributed by atoms with E-state index in [1.165, 1.54) is 0 Å². The Hall–Kier alpha value is -3.02. The molecule has 0 spiro atoms. The van der Waals surface area contributed by atoms with E-state index in [1.54, 1.807) is 0 Å². The second-order valence-corrected chi connectivity index (χ2v) is 9.78. The molecule has 3 rings (SSSR count). The molecular weight excluding hydrogens is 452 g/mol. The number of unbranched alkanes of at least 4 members (excludes halogenated alkanes) is 2. The molecule has 2 aromatic rings. The van der Waals surface area contributed by atoms with Crippen LogP contribution in [-0.4, -0.2) is 50.3 Å². The van der Waals surface area contributed by atoms with E-state index in [-0.39, 0.29) is 24.1 Å². The van der Waals surface area contributed by atoms with Gasteiger partial charge in [-0.05, 0) is 75.2 Å². The van der Waals surface area contributed by atoms with Crippen LogP contribution in [0.3, 0.4) is 0 Å². The minimum atomic E-state index is -0.252. The first kappa shape index (κ1) is 27.6. The first-order valence-corrected chi connectivity index (χ1v) is 13.5. The summed E-state index contributed by atoms with van der Waals surface area (Å²) in [7, 11) is 0. The van der Waals surface area contributed by atoms with Crippen LogP contribution < -0.4 is 9.80 Å². The van der Waals surface area contributed by atoms with E-state index in [0.29, 0.717) is 11.1 Å². The molecule has 1 saturated heterocycles. The van der Waals surface area contributed by atoms with Crippen LogP contribution in [0.2, 0.25) is 0 Å². The van der Waals surface area contributed by atoms with Crippen LogP contribution >= 0.6 is 0 Å². The lowest BCUT2D eigenvalue weighted by molar-refractivity contribution is 0.0310. The molecule has 6 heteroatoms. The molecule has 6 nitrogen and oxygen atoms in total. The number of rotatable bonds is 12. The maximum atomic E-state index is 12.4. The molecule has 36 heavy (non-hydrogen) atoms. The lowest BCUT2D eigenvalue weighted by Crippen LogP contribution is -2.46. The molecule has 0 amide bonds. The van der Waals surface area contributed by atoms with E-state index >= 15 is 0 Å². The normalized spacial score (nSPS) is 15.3. The molecule has 1 aliphatic heterocycles. The van der Waals surface area contributed by atoms with Crippen molar-refractivity contribution in [1.82, 2.24) is 0 Å². The number of nitrogens with zero attached hydrogens (tertiary/aromatic N) is 2. The lowest BCUT2D eigenvalue weighted by Gasteiger charge is -2.37. The number of benzene rings is 2. The van der Waals surface area contributed by atoms with Gasteiger partial charge in [0.2, 0.25) is 0 Å². The van der Waals surface area contributed by atoms with Crippen LogP contribution in [0.25, 0.3) is 0 Å². The monoisotopic (exact) mass is 494 g/mol. The summed E-state index contributed by atoms with van der Waals surface area (Å²) in [6.07, 6.45) is 6.01. The minimum absolute atomic E-state index is 0.0562. The van der Waals surface area contributed by atoms with Crippen molar-refractivity contribution in [2.45, 2.75) is 78.4 Å². The largest absolute Gasteiger partial charge is 0.459 e. The van der Waals surface area contributed by atoms with Crippen LogP contribution in [-0.2, 0) is 9.47 Å². The van der Waals surface area contributed by atoms with Gasteiger partial charge in [-0.3, -0.25) is 0 Å². The molecule has 0 radical (unpaired) electrons. The molecule has 0 aromatic heterocycles. The van der Waals surface area contributed by atoms with Crippen molar-refractivity contribution in [3.05, 3.63) is 59.7 Å². The zero-order valence-corrected chi connectivity index (χ0v) is 22.4. The van der Waals surface area contributed by atoms with Crippen molar-refractivity contribution >= 4 is 23.3 Å². The lowest BCUT2D eigenvalue weighted by atomic mass is 10.1.